The van der Waals surface area contributed by atoms with E-state index >= 15 is 0 Å². The van der Waals surface area contributed by atoms with E-state index in [0.717, 1.165) is 17.0 Å². The molecule has 29 heavy (non-hydrogen) atoms. The summed E-state index contributed by atoms with van der Waals surface area (Å²) in [6.07, 6.45) is 6.28. The summed E-state index contributed by atoms with van der Waals surface area (Å²) in [6.45, 7) is 16.0. The topological polar surface area (TPSA) is 25.8 Å². The van der Waals surface area contributed by atoms with Crippen LogP contribution in [0.1, 0.15) is 78.1 Å². The van der Waals surface area contributed by atoms with Crippen LogP contribution in [0, 0.1) is 6.07 Å². The number of hydrogen-bond acceptors (Lipinski definition) is 2. The van der Waals surface area contributed by atoms with Crippen LogP contribution in [0.15, 0.2) is 36.7 Å². The van der Waals surface area contributed by atoms with Crippen LogP contribution in [-0.4, -0.2) is 9.97 Å². The molecule has 2 aromatic heterocycles. The van der Waals surface area contributed by atoms with Gasteiger partial charge in [0.05, 0.1) is 0 Å². The molecule has 2 heterocycles. The van der Waals surface area contributed by atoms with E-state index in [-0.39, 0.29) is 36.4 Å². The van der Waals surface area contributed by atoms with Crippen molar-refractivity contribution in [1.29, 1.82) is 0 Å². The zero-order chi connectivity index (χ0) is 20.3. The quantitative estimate of drug-likeness (QED) is 0.307. The predicted octanol–water partition coefficient (Wildman–Crippen LogP) is 6.74. The van der Waals surface area contributed by atoms with Crippen LogP contribution < -0.4 is 0 Å². The first-order chi connectivity index (χ1) is 13.0. The van der Waals surface area contributed by atoms with Crippen LogP contribution in [0.2, 0.25) is 0 Å². The number of pyridine rings is 2. The van der Waals surface area contributed by atoms with Gasteiger partial charge in [-0.2, -0.15) is 0 Å². The normalized spacial score (nSPS) is 17.5. The Morgan fingerprint density at radius 3 is 2.10 bits per heavy atom. The largest absolute Gasteiger partial charge is 0.356 e. The van der Waals surface area contributed by atoms with Crippen molar-refractivity contribution < 1.29 is 20.1 Å². The first-order valence-electron chi connectivity index (χ1n) is 10.3. The van der Waals surface area contributed by atoms with Gasteiger partial charge < -0.3 is 9.97 Å². The molecule has 0 spiro atoms. The van der Waals surface area contributed by atoms with E-state index in [9.17, 15) is 0 Å². The summed E-state index contributed by atoms with van der Waals surface area (Å²) in [5, 5.41) is 2.46. The van der Waals surface area contributed by atoms with Crippen LogP contribution in [0.5, 0.6) is 0 Å². The fraction of sp³-hybridized carbons (Fsp3) is 0.462. The molecule has 1 aliphatic rings. The molecule has 2 nitrogen and oxygen atoms in total. The number of hydrogen-bond donors (Lipinski definition) is 0. The molecule has 3 aromatic rings. The molecule has 0 N–H and O–H groups in total. The number of fused-ring (bicyclic) bond motifs is 2. The summed E-state index contributed by atoms with van der Waals surface area (Å²) < 4.78 is 0. The Kier molecular flexibility index (Phi) is 5.56. The number of aromatic nitrogens is 2. The molecular weight excluding hydrogens is 533 g/mol. The fourth-order valence-electron chi connectivity index (χ4n) is 4.34. The molecule has 1 aromatic carbocycles. The minimum absolute atomic E-state index is 0. The van der Waals surface area contributed by atoms with Crippen molar-refractivity contribution in [1.82, 2.24) is 9.97 Å². The van der Waals surface area contributed by atoms with Gasteiger partial charge in [0, 0.05) is 26.3 Å². The molecule has 0 aliphatic heterocycles. The van der Waals surface area contributed by atoms with Gasteiger partial charge in [0.15, 0.2) is 0 Å². The van der Waals surface area contributed by atoms with Crippen LogP contribution in [0.25, 0.3) is 22.0 Å². The van der Waals surface area contributed by atoms with Crippen molar-refractivity contribution >= 4 is 10.8 Å². The summed E-state index contributed by atoms with van der Waals surface area (Å²) >= 11 is 0. The summed E-state index contributed by atoms with van der Waals surface area (Å²) in [6, 6.07) is 12.4. The molecule has 0 bridgehead atoms. The monoisotopic (exact) mass is 564 g/mol. The molecule has 0 saturated carbocycles. The van der Waals surface area contributed by atoms with Gasteiger partial charge >= 0.3 is 0 Å². The molecule has 0 fully saturated rings. The van der Waals surface area contributed by atoms with E-state index in [1.54, 1.807) is 0 Å². The fourth-order valence-corrected chi connectivity index (χ4v) is 4.34. The standard InChI is InChI=1S/C26H31N2.Ir/c1-24(2,3)22-9-8-18(16-28-22)23-19-15-21-20(14-17(19)10-13-27-23)25(4,5)11-12-26(21,6)7;/h9-10,13-16H,11-12H2,1-7H3;/q-1;. The van der Waals surface area contributed by atoms with Gasteiger partial charge in [0.25, 0.3) is 0 Å². The first-order valence-corrected chi connectivity index (χ1v) is 10.3. The number of benzene rings is 1. The van der Waals surface area contributed by atoms with Gasteiger partial charge in [-0.05, 0) is 68.4 Å². The Labute approximate surface area is 188 Å². The second kappa shape index (κ2) is 7.29. The smallest absolute Gasteiger partial charge is 0.0167 e. The Morgan fingerprint density at radius 1 is 0.931 bits per heavy atom. The minimum atomic E-state index is 0. The second-order valence-electron chi connectivity index (χ2n) is 10.6. The van der Waals surface area contributed by atoms with Crippen LogP contribution in [0.4, 0.5) is 0 Å². The molecule has 3 heteroatoms. The van der Waals surface area contributed by atoms with Crippen molar-refractivity contribution in [2.45, 2.75) is 77.6 Å². The maximum Gasteiger partial charge on any atom is 0.0167 e. The van der Waals surface area contributed by atoms with Crippen LogP contribution >= 0.6 is 0 Å². The van der Waals surface area contributed by atoms with E-state index in [1.807, 2.05) is 18.5 Å². The Morgan fingerprint density at radius 2 is 1.55 bits per heavy atom. The Hall–Kier alpha value is -1.57. The van der Waals surface area contributed by atoms with Crippen molar-refractivity contribution in [3.8, 4) is 11.3 Å². The average molecular weight is 564 g/mol. The maximum atomic E-state index is 4.73. The molecule has 0 saturated heterocycles. The van der Waals surface area contributed by atoms with Crippen molar-refractivity contribution in [2.24, 2.45) is 0 Å². The van der Waals surface area contributed by atoms with Gasteiger partial charge in [0.1, 0.15) is 0 Å². The van der Waals surface area contributed by atoms with Gasteiger partial charge in [-0.25, -0.2) is 0 Å². The van der Waals surface area contributed by atoms with E-state index < -0.39 is 0 Å². The summed E-state index contributed by atoms with van der Waals surface area (Å²) in [7, 11) is 0. The third-order valence-corrected chi connectivity index (χ3v) is 6.46. The second-order valence-corrected chi connectivity index (χ2v) is 10.6. The van der Waals surface area contributed by atoms with E-state index in [4.69, 9.17) is 9.97 Å². The molecule has 0 unspecified atom stereocenters. The third kappa shape index (κ3) is 3.92. The average Bonchev–Trinajstić information content (AvgIpc) is 2.63. The van der Waals surface area contributed by atoms with Gasteiger partial charge in [-0.3, -0.25) is 0 Å². The van der Waals surface area contributed by atoms with Crippen molar-refractivity contribution in [3.05, 3.63) is 59.5 Å². The van der Waals surface area contributed by atoms with Gasteiger partial charge in [-0.1, -0.05) is 66.8 Å². The van der Waals surface area contributed by atoms with Crippen molar-refractivity contribution in [2.75, 3.05) is 0 Å². The minimum Gasteiger partial charge on any atom is -0.356 e. The van der Waals surface area contributed by atoms with Crippen LogP contribution in [0.3, 0.4) is 0 Å². The summed E-state index contributed by atoms with van der Waals surface area (Å²) in [5.74, 6) is 0. The first kappa shape index (κ1) is 22.1. The SMILES string of the molecule is CC(C)(C)c1c[c-]c(-c2nccc3cc4c(cc23)C(C)(C)CCC4(C)C)cn1.[Ir]. The number of rotatable bonds is 1. The zero-order valence-electron chi connectivity index (χ0n) is 18.6. The predicted molar refractivity (Wildman–Crippen MR) is 118 cm³/mol. The molecule has 1 radical (unpaired) electrons. The van der Waals surface area contributed by atoms with E-state index in [1.165, 1.54) is 34.7 Å². The van der Waals surface area contributed by atoms with Gasteiger partial charge in [-0.15, -0.1) is 17.7 Å². The third-order valence-electron chi connectivity index (χ3n) is 6.46. The number of nitrogens with zero attached hydrogens (tertiary/aromatic N) is 2. The molecule has 155 valence electrons. The molecular formula is C26H31IrN2-. The molecule has 1 aliphatic carbocycles. The molecule has 0 amide bonds. The molecule has 0 atom stereocenters. The van der Waals surface area contributed by atoms with Crippen molar-refractivity contribution in [3.63, 3.8) is 0 Å². The van der Waals surface area contributed by atoms with Gasteiger partial charge in [0.2, 0.25) is 0 Å². The van der Waals surface area contributed by atoms with Crippen LogP contribution in [-0.2, 0) is 36.4 Å². The summed E-state index contributed by atoms with van der Waals surface area (Å²) in [5.41, 5.74) is 6.36. The Balaban J connectivity index is 0.00000240. The molecule has 4 rings (SSSR count). The van der Waals surface area contributed by atoms with E-state index in [2.05, 4.69) is 72.7 Å². The summed E-state index contributed by atoms with van der Waals surface area (Å²) in [4.78, 5) is 9.43. The Bertz CT molecular complexity index is 1040. The zero-order valence-corrected chi connectivity index (χ0v) is 21.0. The van der Waals surface area contributed by atoms with E-state index in [0.29, 0.717) is 0 Å². The maximum absolute atomic E-state index is 4.73.